The molecule has 4 heteroatoms. The summed E-state index contributed by atoms with van der Waals surface area (Å²) >= 11 is 0. The van der Waals surface area contributed by atoms with Crippen LogP contribution in [0.25, 0.3) is 0 Å². The Morgan fingerprint density at radius 2 is 2.19 bits per heavy atom. The van der Waals surface area contributed by atoms with E-state index in [0.717, 1.165) is 30.8 Å². The molecule has 0 saturated carbocycles. The van der Waals surface area contributed by atoms with Crippen LogP contribution < -0.4 is 5.73 Å². The van der Waals surface area contributed by atoms with Crippen LogP contribution in [-0.4, -0.2) is 15.6 Å². The Bertz CT molecular complexity index is 314. The second-order valence-corrected chi connectivity index (χ2v) is 4.99. The van der Waals surface area contributed by atoms with Crippen molar-refractivity contribution in [1.29, 1.82) is 0 Å². The first-order chi connectivity index (χ1) is 7.38. The summed E-state index contributed by atoms with van der Waals surface area (Å²) in [5.74, 6) is 0.885. The van der Waals surface area contributed by atoms with Gasteiger partial charge in [-0.15, -0.1) is 0 Å². The van der Waals surface area contributed by atoms with Crippen LogP contribution in [0, 0.1) is 6.92 Å². The Kier molecular flexibility index (Phi) is 4.47. The van der Waals surface area contributed by atoms with Gasteiger partial charge < -0.3 is 10.7 Å². The number of hydrogen-bond donors (Lipinski definition) is 2. The molecule has 3 nitrogen and oxygen atoms in total. The highest BCUT2D eigenvalue weighted by atomic mass is 19.1. The molecule has 0 aliphatic rings. The molecule has 0 radical (unpaired) electrons. The number of nitrogens with one attached hydrogen (secondary N) is 1. The normalized spacial score (nSPS) is 14.1. The fourth-order valence-corrected chi connectivity index (χ4v) is 1.69. The summed E-state index contributed by atoms with van der Waals surface area (Å²) in [7, 11) is 0. The monoisotopic (exact) mass is 227 g/mol. The van der Waals surface area contributed by atoms with E-state index in [1.165, 1.54) is 0 Å². The maximum Gasteiger partial charge on any atom is 0.105 e. The Hall–Kier alpha value is -0.900. The highest BCUT2D eigenvalue weighted by Gasteiger charge is 2.15. The van der Waals surface area contributed by atoms with Crippen molar-refractivity contribution in [3.8, 4) is 0 Å². The van der Waals surface area contributed by atoms with E-state index in [-0.39, 0.29) is 6.04 Å². The number of aromatic nitrogens is 2. The molecule has 3 N–H and O–H groups in total. The largest absolute Gasteiger partial charge is 0.345 e. The van der Waals surface area contributed by atoms with Crippen LogP contribution in [0.4, 0.5) is 4.39 Å². The van der Waals surface area contributed by atoms with E-state index in [9.17, 15) is 4.39 Å². The summed E-state index contributed by atoms with van der Waals surface area (Å²) in [5.41, 5.74) is 5.90. The second-order valence-electron chi connectivity index (χ2n) is 4.99. The van der Waals surface area contributed by atoms with Gasteiger partial charge in [0.2, 0.25) is 0 Å². The minimum Gasteiger partial charge on any atom is -0.345 e. The molecule has 1 aromatic rings. The summed E-state index contributed by atoms with van der Waals surface area (Å²) in [6.45, 7) is 5.14. The van der Waals surface area contributed by atoms with E-state index in [1.807, 2.05) is 6.92 Å². The lowest BCUT2D eigenvalue weighted by molar-refractivity contribution is 0.195. The average Bonchev–Trinajstić information content (AvgIpc) is 2.57. The molecular formula is C12H22FN3. The molecule has 1 atom stereocenters. The molecule has 1 unspecified atom stereocenters. The number of H-pyrrole nitrogens is 1. The topological polar surface area (TPSA) is 54.7 Å². The second kappa shape index (κ2) is 5.43. The van der Waals surface area contributed by atoms with Gasteiger partial charge in [-0.3, -0.25) is 0 Å². The standard InChI is InChI=1S/C12H22FN3/c1-9-15-8-11(16-9)10(14)6-4-5-7-12(2,3)13/h8,10H,4-7,14H2,1-3H3,(H,15,16). The fraction of sp³-hybridized carbons (Fsp3) is 0.750. The number of nitrogens with two attached hydrogens (primary N) is 1. The van der Waals surface area contributed by atoms with Crippen LogP contribution in [0.3, 0.4) is 0 Å². The van der Waals surface area contributed by atoms with E-state index in [1.54, 1.807) is 20.0 Å². The molecule has 1 heterocycles. The van der Waals surface area contributed by atoms with Crippen LogP contribution in [0.1, 0.15) is 57.1 Å². The zero-order valence-corrected chi connectivity index (χ0v) is 10.4. The van der Waals surface area contributed by atoms with Gasteiger partial charge in [-0.25, -0.2) is 9.37 Å². The van der Waals surface area contributed by atoms with Crippen molar-refractivity contribution >= 4 is 0 Å². The predicted molar refractivity (Wildman–Crippen MR) is 63.9 cm³/mol. The molecule has 0 fully saturated rings. The molecule has 92 valence electrons. The first-order valence-corrected chi connectivity index (χ1v) is 5.84. The van der Waals surface area contributed by atoms with E-state index >= 15 is 0 Å². The van der Waals surface area contributed by atoms with Crippen molar-refractivity contribution in [2.45, 2.75) is 58.2 Å². The quantitative estimate of drug-likeness (QED) is 0.734. The van der Waals surface area contributed by atoms with Crippen molar-refractivity contribution in [3.05, 3.63) is 17.7 Å². The maximum atomic E-state index is 13.2. The lowest BCUT2D eigenvalue weighted by atomic mass is 10.00. The van der Waals surface area contributed by atoms with Crippen LogP contribution in [-0.2, 0) is 0 Å². The van der Waals surface area contributed by atoms with Gasteiger partial charge in [-0.05, 0) is 33.6 Å². The van der Waals surface area contributed by atoms with Crippen molar-refractivity contribution in [1.82, 2.24) is 9.97 Å². The van der Waals surface area contributed by atoms with E-state index in [4.69, 9.17) is 5.73 Å². The lowest BCUT2D eigenvalue weighted by Gasteiger charge is -2.14. The summed E-state index contributed by atoms with van der Waals surface area (Å²) in [5, 5.41) is 0. The number of nitrogens with zero attached hydrogens (tertiary/aromatic N) is 1. The summed E-state index contributed by atoms with van der Waals surface area (Å²) < 4.78 is 13.2. The number of halogens is 1. The summed E-state index contributed by atoms with van der Waals surface area (Å²) in [4.78, 5) is 7.23. The molecule has 1 rings (SSSR count). The lowest BCUT2D eigenvalue weighted by Crippen LogP contribution is -2.13. The Balaban J connectivity index is 2.23. The van der Waals surface area contributed by atoms with Crippen LogP contribution in [0.15, 0.2) is 6.20 Å². The minimum absolute atomic E-state index is 0.0103. The molecule has 0 aliphatic carbocycles. The molecule has 0 saturated heterocycles. The Morgan fingerprint density at radius 3 is 2.69 bits per heavy atom. The number of aromatic amines is 1. The Labute approximate surface area is 96.7 Å². The van der Waals surface area contributed by atoms with Gasteiger partial charge >= 0.3 is 0 Å². The van der Waals surface area contributed by atoms with Crippen LogP contribution in [0.5, 0.6) is 0 Å². The van der Waals surface area contributed by atoms with Crippen molar-refractivity contribution in [2.24, 2.45) is 5.73 Å². The highest BCUT2D eigenvalue weighted by Crippen LogP contribution is 2.20. The van der Waals surface area contributed by atoms with Gasteiger partial charge in [0.25, 0.3) is 0 Å². The third kappa shape index (κ3) is 4.75. The third-order valence-corrected chi connectivity index (χ3v) is 2.66. The number of alkyl halides is 1. The zero-order valence-electron chi connectivity index (χ0n) is 10.4. The third-order valence-electron chi connectivity index (χ3n) is 2.66. The molecule has 0 spiro atoms. The van der Waals surface area contributed by atoms with Gasteiger partial charge in [0, 0.05) is 12.2 Å². The maximum absolute atomic E-state index is 13.2. The molecular weight excluding hydrogens is 205 g/mol. The fourth-order valence-electron chi connectivity index (χ4n) is 1.69. The predicted octanol–water partition coefficient (Wildman–Crippen LogP) is 3.03. The first kappa shape index (κ1) is 13.2. The van der Waals surface area contributed by atoms with E-state index < -0.39 is 5.67 Å². The molecule has 1 aromatic heterocycles. The summed E-state index contributed by atoms with van der Waals surface area (Å²) in [6.07, 6.45) is 5.08. The zero-order chi connectivity index (χ0) is 12.2. The van der Waals surface area contributed by atoms with Crippen molar-refractivity contribution in [2.75, 3.05) is 0 Å². The molecule has 16 heavy (non-hydrogen) atoms. The first-order valence-electron chi connectivity index (χ1n) is 5.84. The summed E-state index contributed by atoms with van der Waals surface area (Å²) in [6, 6.07) is -0.0103. The number of aryl methyl sites for hydroxylation is 1. The van der Waals surface area contributed by atoms with Crippen LogP contribution in [0.2, 0.25) is 0 Å². The van der Waals surface area contributed by atoms with Gasteiger partial charge in [0.05, 0.1) is 5.69 Å². The molecule has 0 aromatic carbocycles. The number of rotatable bonds is 6. The van der Waals surface area contributed by atoms with E-state index in [0.29, 0.717) is 6.42 Å². The van der Waals surface area contributed by atoms with Gasteiger partial charge in [-0.1, -0.05) is 12.8 Å². The van der Waals surface area contributed by atoms with Gasteiger partial charge in [0.15, 0.2) is 0 Å². The molecule has 0 amide bonds. The smallest absolute Gasteiger partial charge is 0.105 e. The minimum atomic E-state index is -1.06. The molecule has 0 aliphatic heterocycles. The highest BCUT2D eigenvalue weighted by molar-refractivity contribution is 5.04. The van der Waals surface area contributed by atoms with Gasteiger partial charge in [-0.2, -0.15) is 0 Å². The number of imidazole rings is 1. The number of hydrogen-bond acceptors (Lipinski definition) is 2. The van der Waals surface area contributed by atoms with Crippen molar-refractivity contribution in [3.63, 3.8) is 0 Å². The van der Waals surface area contributed by atoms with Crippen molar-refractivity contribution < 1.29 is 4.39 Å². The van der Waals surface area contributed by atoms with E-state index in [2.05, 4.69) is 9.97 Å². The number of unbranched alkanes of at least 4 members (excludes halogenated alkanes) is 1. The van der Waals surface area contributed by atoms with Gasteiger partial charge in [0.1, 0.15) is 11.5 Å². The SMILES string of the molecule is Cc1ncc(C(N)CCCCC(C)(C)F)[nH]1. The Morgan fingerprint density at radius 1 is 1.50 bits per heavy atom. The molecule has 0 bridgehead atoms. The average molecular weight is 227 g/mol. The van der Waals surface area contributed by atoms with Crippen LogP contribution >= 0.6 is 0 Å².